The molecule has 2 amide bonds. The second-order valence-corrected chi connectivity index (χ2v) is 9.30. The van der Waals surface area contributed by atoms with Crippen LogP contribution in [0.3, 0.4) is 0 Å². The maximum Gasteiger partial charge on any atom is 0.322 e. The monoisotopic (exact) mass is 531 g/mol. The molecule has 0 radical (unpaired) electrons. The number of amides is 2. The number of carboxylic acids is 1. The van der Waals surface area contributed by atoms with Gasteiger partial charge in [0.15, 0.2) is 0 Å². The third-order valence-electron chi connectivity index (χ3n) is 5.41. The third-order valence-corrected chi connectivity index (χ3v) is 6.03. The molecule has 0 fully saturated rings. The summed E-state index contributed by atoms with van der Waals surface area (Å²) in [5, 5.41) is 25.4. The summed E-state index contributed by atoms with van der Waals surface area (Å²) < 4.78 is 1.06. The van der Waals surface area contributed by atoms with Crippen LogP contribution in [-0.2, 0) is 16.9 Å². The van der Waals surface area contributed by atoms with Crippen molar-refractivity contribution in [3.8, 4) is 5.75 Å². The Labute approximate surface area is 216 Å². The van der Waals surface area contributed by atoms with Gasteiger partial charge in [-0.2, -0.15) is 0 Å². The highest BCUT2D eigenvalue weighted by Crippen LogP contribution is 2.26. The van der Waals surface area contributed by atoms with Gasteiger partial charge in [0, 0.05) is 16.2 Å². The minimum atomic E-state index is -1.35. The Bertz CT molecular complexity index is 1380. The summed E-state index contributed by atoms with van der Waals surface area (Å²) >= 11 is 12.2. The number of hydrogen-bond donors (Lipinski definition) is 4. The predicted molar refractivity (Wildman–Crippen MR) is 135 cm³/mol. The number of rotatable bonds is 8. The number of nitrogens with zero attached hydrogens (tertiary/aromatic N) is 1. The number of carbonyl (C=O) groups is 3. The molecular weight excluding hydrogens is 509 g/mol. The van der Waals surface area contributed by atoms with Crippen molar-refractivity contribution in [3.05, 3.63) is 97.4 Å². The molecule has 3 rings (SSSR count). The quantitative estimate of drug-likeness (QED) is 0.351. The number of nitrogens with one attached hydrogen (secondary N) is 2. The van der Waals surface area contributed by atoms with E-state index in [9.17, 15) is 24.3 Å². The molecule has 0 atom stereocenters. The maximum atomic E-state index is 13.3. The van der Waals surface area contributed by atoms with Gasteiger partial charge in [-0.15, -0.1) is 0 Å². The number of pyridine rings is 1. The van der Waals surface area contributed by atoms with E-state index in [1.54, 1.807) is 62.4 Å². The Balaban J connectivity index is 2.08. The lowest BCUT2D eigenvalue weighted by Crippen LogP contribution is -2.42. The van der Waals surface area contributed by atoms with Gasteiger partial charge in [0.2, 0.25) is 0 Å². The second-order valence-electron chi connectivity index (χ2n) is 8.45. The van der Waals surface area contributed by atoms with Crippen molar-refractivity contribution in [2.75, 3.05) is 6.54 Å². The summed E-state index contributed by atoms with van der Waals surface area (Å²) in [4.78, 5) is 49.9. The van der Waals surface area contributed by atoms with Crippen LogP contribution in [0.2, 0.25) is 10.0 Å². The van der Waals surface area contributed by atoms with Crippen LogP contribution in [0, 0.1) is 0 Å². The van der Waals surface area contributed by atoms with E-state index in [0.717, 1.165) is 10.8 Å². The van der Waals surface area contributed by atoms with Gasteiger partial charge in [0.05, 0.1) is 17.6 Å². The van der Waals surface area contributed by atoms with E-state index in [0.29, 0.717) is 21.2 Å². The summed E-state index contributed by atoms with van der Waals surface area (Å²) in [5.41, 5.74) is -1.74. The summed E-state index contributed by atoms with van der Waals surface area (Å²) in [7, 11) is 0. The highest BCUT2D eigenvalue weighted by atomic mass is 35.5. The second kappa shape index (κ2) is 10.8. The lowest BCUT2D eigenvalue weighted by molar-refractivity contribution is -0.135. The molecule has 0 aliphatic heterocycles. The topological polar surface area (TPSA) is 138 Å². The number of carbonyl (C=O) groups excluding carboxylic acids is 2. The minimum Gasteiger partial charge on any atom is -0.506 e. The zero-order valence-electron chi connectivity index (χ0n) is 19.3. The van der Waals surface area contributed by atoms with Crippen molar-refractivity contribution in [1.82, 2.24) is 15.2 Å². The summed E-state index contributed by atoms with van der Waals surface area (Å²) in [6, 6.07) is 13.5. The first-order chi connectivity index (χ1) is 16.9. The summed E-state index contributed by atoms with van der Waals surface area (Å²) in [6.07, 6.45) is 1.13. The number of aliphatic carboxylic acids is 1. The lowest BCUT2D eigenvalue weighted by Gasteiger charge is -2.27. The van der Waals surface area contributed by atoms with Gasteiger partial charge in [-0.1, -0.05) is 53.5 Å². The van der Waals surface area contributed by atoms with Gasteiger partial charge in [-0.25, -0.2) is 0 Å². The van der Waals surface area contributed by atoms with Crippen LogP contribution in [0.4, 0.5) is 0 Å². The maximum absolute atomic E-state index is 13.3. The molecule has 0 saturated heterocycles. The van der Waals surface area contributed by atoms with Crippen LogP contribution in [-0.4, -0.2) is 39.1 Å². The molecule has 1 aromatic heterocycles. The average Bonchev–Trinajstić information content (AvgIpc) is 2.80. The van der Waals surface area contributed by atoms with Gasteiger partial charge >= 0.3 is 5.97 Å². The number of hydrogen-bond acceptors (Lipinski definition) is 5. The van der Waals surface area contributed by atoms with Crippen LogP contribution in [0.15, 0.2) is 59.5 Å². The molecule has 0 unspecified atom stereocenters. The Hall–Kier alpha value is -3.82. The van der Waals surface area contributed by atoms with Crippen LogP contribution >= 0.6 is 23.2 Å². The standard InChI is InChI=1S/C25H23Cl2N3O6/c1-25(2,15-7-9-16(26)10-8-15)29-22(34)17-13-30(12-14-5-3-4-6-18(14)27)24(36)20(21(17)33)23(35)28-11-19(31)32/h3-10,13,33H,11-12H2,1-2H3,(H,28,35)(H,29,34)(H,31,32). The van der Waals surface area contributed by atoms with E-state index in [-0.39, 0.29) is 12.1 Å². The van der Waals surface area contributed by atoms with E-state index >= 15 is 0 Å². The first kappa shape index (κ1) is 26.8. The molecular formula is C25H23Cl2N3O6. The van der Waals surface area contributed by atoms with E-state index in [4.69, 9.17) is 28.3 Å². The van der Waals surface area contributed by atoms with E-state index in [1.165, 1.54) is 0 Å². The molecule has 36 heavy (non-hydrogen) atoms. The molecule has 3 aromatic rings. The van der Waals surface area contributed by atoms with Gasteiger partial charge < -0.3 is 25.4 Å². The molecule has 1 heterocycles. The van der Waals surface area contributed by atoms with Crippen LogP contribution in [0.1, 0.15) is 45.7 Å². The first-order valence-corrected chi connectivity index (χ1v) is 11.4. The van der Waals surface area contributed by atoms with E-state index in [2.05, 4.69) is 5.32 Å². The molecule has 188 valence electrons. The number of halogens is 2. The molecule has 4 N–H and O–H groups in total. The Morgan fingerprint density at radius 1 is 1.00 bits per heavy atom. The smallest absolute Gasteiger partial charge is 0.322 e. The van der Waals surface area contributed by atoms with Crippen molar-refractivity contribution in [1.29, 1.82) is 0 Å². The number of aromatic nitrogens is 1. The van der Waals surface area contributed by atoms with Crippen molar-refractivity contribution in [3.63, 3.8) is 0 Å². The number of carboxylic acid groups (broad SMARTS) is 1. The zero-order valence-corrected chi connectivity index (χ0v) is 20.9. The molecule has 2 aromatic carbocycles. The third kappa shape index (κ3) is 6.05. The van der Waals surface area contributed by atoms with Crippen LogP contribution in [0.25, 0.3) is 0 Å². The molecule has 0 saturated carbocycles. The fourth-order valence-corrected chi connectivity index (χ4v) is 3.81. The molecule has 0 aliphatic carbocycles. The molecule has 0 spiro atoms. The predicted octanol–water partition coefficient (Wildman–Crippen LogP) is 3.39. The first-order valence-electron chi connectivity index (χ1n) is 10.7. The lowest BCUT2D eigenvalue weighted by atomic mass is 9.94. The van der Waals surface area contributed by atoms with Crippen molar-refractivity contribution < 1.29 is 24.6 Å². The van der Waals surface area contributed by atoms with E-state index < -0.39 is 46.7 Å². The van der Waals surface area contributed by atoms with Crippen LogP contribution in [0.5, 0.6) is 5.75 Å². The zero-order chi connectivity index (χ0) is 26.6. The molecule has 9 nitrogen and oxygen atoms in total. The Kier molecular flexibility index (Phi) is 8.07. The number of benzene rings is 2. The van der Waals surface area contributed by atoms with Gasteiger partial charge in [0.25, 0.3) is 17.4 Å². The molecule has 0 aliphatic rings. The SMILES string of the molecule is CC(C)(NC(=O)c1cn(Cc2ccccc2Cl)c(=O)c(C(=O)NCC(=O)O)c1O)c1ccc(Cl)cc1. The minimum absolute atomic E-state index is 0.112. The highest BCUT2D eigenvalue weighted by molar-refractivity contribution is 6.31. The van der Waals surface area contributed by atoms with Crippen molar-refractivity contribution >= 4 is 41.0 Å². The largest absolute Gasteiger partial charge is 0.506 e. The normalized spacial score (nSPS) is 11.1. The molecule has 0 bridgehead atoms. The van der Waals surface area contributed by atoms with Gasteiger partial charge in [-0.3, -0.25) is 19.2 Å². The van der Waals surface area contributed by atoms with Crippen molar-refractivity contribution in [2.45, 2.75) is 25.9 Å². The highest BCUT2D eigenvalue weighted by Gasteiger charge is 2.29. The van der Waals surface area contributed by atoms with E-state index in [1.807, 2.05) is 5.32 Å². The fraction of sp³-hybridized carbons (Fsp3) is 0.200. The average molecular weight is 532 g/mol. The van der Waals surface area contributed by atoms with Crippen molar-refractivity contribution in [2.24, 2.45) is 0 Å². The Morgan fingerprint density at radius 2 is 1.64 bits per heavy atom. The number of aromatic hydroxyl groups is 1. The van der Waals surface area contributed by atoms with Gasteiger partial charge in [0.1, 0.15) is 17.9 Å². The fourth-order valence-electron chi connectivity index (χ4n) is 3.49. The van der Waals surface area contributed by atoms with Crippen LogP contribution < -0.4 is 16.2 Å². The summed E-state index contributed by atoms with van der Waals surface area (Å²) in [5.74, 6) is -4.13. The van der Waals surface area contributed by atoms with Gasteiger partial charge in [-0.05, 0) is 43.2 Å². The Morgan fingerprint density at radius 3 is 2.25 bits per heavy atom. The summed E-state index contributed by atoms with van der Waals surface area (Å²) in [6.45, 7) is 2.55. The molecule has 11 heteroatoms.